The average molecular weight is 253 g/mol. The summed E-state index contributed by atoms with van der Waals surface area (Å²) in [6.07, 6.45) is 0. The summed E-state index contributed by atoms with van der Waals surface area (Å²) in [7, 11) is 1.72. The number of nitrogens with one attached hydrogen (secondary N) is 2. The molecule has 5 nitrogen and oxygen atoms in total. The molecule has 0 aliphatic carbocycles. The molecule has 98 valence electrons. The Hall–Kier alpha value is -1.95. The second-order valence-electron chi connectivity index (χ2n) is 4.01. The molecule has 2 amide bonds. The largest absolute Gasteiger partial charge is 0.366 e. The number of rotatable bonds is 5. The predicted molar refractivity (Wildman–Crippen MR) is 66.6 cm³/mol. The summed E-state index contributed by atoms with van der Waals surface area (Å²) < 4.78 is 13.5. The highest BCUT2D eigenvalue weighted by molar-refractivity contribution is 5.97. The summed E-state index contributed by atoms with van der Waals surface area (Å²) in [4.78, 5) is 22.7. The first kappa shape index (κ1) is 14.1. The molecule has 0 spiro atoms. The van der Waals surface area contributed by atoms with Gasteiger partial charge in [0.25, 0.3) is 0 Å². The van der Waals surface area contributed by atoms with Crippen molar-refractivity contribution in [2.75, 3.05) is 18.9 Å². The van der Waals surface area contributed by atoms with Gasteiger partial charge in [-0.25, -0.2) is 4.39 Å². The quantitative estimate of drug-likeness (QED) is 0.723. The average Bonchev–Trinajstić information content (AvgIpc) is 2.31. The number of halogens is 1. The molecule has 6 heteroatoms. The zero-order valence-electron chi connectivity index (χ0n) is 10.3. The zero-order chi connectivity index (χ0) is 13.7. The first-order valence-electron chi connectivity index (χ1n) is 5.50. The monoisotopic (exact) mass is 253 g/mol. The minimum absolute atomic E-state index is 0.0424. The fraction of sp³-hybridized carbons (Fsp3) is 0.333. The number of nitrogens with two attached hydrogens (primary N) is 1. The molecule has 0 saturated heterocycles. The van der Waals surface area contributed by atoms with Gasteiger partial charge in [-0.15, -0.1) is 0 Å². The first-order valence-corrected chi connectivity index (χ1v) is 5.50. The number of primary amides is 1. The van der Waals surface area contributed by atoms with Crippen molar-refractivity contribution in [1.29, 1.82) is 0 Å². The topological polar surface area (TPSA) is 84.2 Å². The second kappa shape index (κ2) is 6.11. The third-order valence-electron chi connectivity index (χ3n) is 2.47. The second-order valence-corrected chi connectivity index (χ2v) is 4.01. The van der Waals surface area contributed by atoms with E-state index in [1.165, 1.54) is 12.1 Å². The molecular formula is C12H16FN3O2. The van der Waals surface area contributed by atoms with E-state index < -0.39 is 11.7 Å². The van der Waals surface area contributed by atoms with Crippen LogP contribution in [-0.2, 0) is 4.79 Å². The fourth-order valence-corrected chi connectivity index (χ4v) is 1.43. The summed E-state index contributed by atoms with van der Waals surface area (Å²) in [6, 6.07) is 3.59. The van der Waals surface area contributed by atoms with Crippen LogP contribution in [0.4, 0.5) is 10.1 Å². The molecule has 0 aliphatic rings. The Morgan fingerprint density at radius 2 is 2.11 bits per heavy atom. The maximum Gasteiger partial charge on any atom is 0.248 e. The lowest BCUT2D eigenvalue weighted by Gasteiger charge is -2.12. The molecule has 1 atom stereocenters. The van der Waals surface area contributed by atoms with Crippen LogP contribution in [0.25, 0.3) is 0 Å². The Morgan fingerprint density at radius 3 is 2.67 bits per heavy atom. The van der Waals surface area contributed by atoms with E-state index in [-0.39, 0.29) is 23.1 Å². The number of hydrogen-bond acceptors (Lipinski definition) is 3. The van der Waals surface area contributed by atoms with Gasteiger partial charge in [-0.3, -0.25) is 9.59 Å². The van der Waals surface area contributed by atoms with Crippen LogP contribution in [0.2, 0.25) is 0 Å². The van der Waals surface area contributed by atoms with Crippen molar-refractivity contribution in [1.82, 2.24) is 5.32 Å². The van der Waals surface area contributed by atoms with Crippen LogP contribution in [0.3, 0.4) is 0 Å². The van der Waals surface area contributed by atoms with Gasteiger partial charge in [0, 0.05) is 18.0 Å². The molecular weight excluding hydrogens is 237 g/mol. The van der Waals surface area contributed by atoms with Crippen molar-refractivity contribution in [2.24, 2.45) is 11.7 Å². The number of hydrogen-bond donors (Lipinski definition) is 3. The number of amides is 2. The zero-order valence-corrected chi connectivity index (χ0v) is 10.3. The van der Waals surface area contributed by atoms with Gasteiger partial charge in [-0.05, 0) is 25.2 Å². The van der Waals surface area contributed by atoms with E-state index in [2.05, 4.69) is 10.6 Å². The van der Waals surface area contributed by atoms with Crippen LogP contribution >= 0.6 is 0 Å². The Balaban J connectivity index is 2.86. The van der Waals surface area contributed by atoms with E-state index in [1.54, 1.807) is 14.0 Å². The molecule has 0 heterocycles. The van der Waals surface area contributed by atoms with Crippen LogP contribution in [0.5, 0.6) is 0 Å². The predicted octanol–water partition coefficient (Wildman–Crippen LogP) is 0.719. The van der Waals surface area contributed by atoms with Gasteiger partial charge in [0.05, 0.1) is 5.69 Å². The fourth-order valence-electron chi connectivity index (χ4n) is 1.43. The molecule has 0 saturated carbocycles. The maximum absolute atomic E-state index is 13.5. The van der Waals surface area contributed by atoms with Crippen molar-refractivity contribution < 1.29 is 14.0 Å². The highest BCUT2D eigenvalue weighted by atomic mass is 19.1. The van der Waals surface area contributed by atoms with Crippen molar-refractivity contribution in [3.05, 3.63) is 29.6 Å². The number of carbonyl (C=O) groups is 2. The summed E-state index contributed by atoms with van der Waals surface area (Å²) in [5, 5.41) is 5.28. The number of carbonyl (C=O) groups excluding carboxylic acids is 2. The summed E-state index contributed by atoms with van der Waals surface area (Å²) in [5.74, 6) is -1.92. The van der Waals surface area contributed by atoms with E-state index in [1.807, 2.05) is 0 Å². The van der Waals surface area contributed by atoms with Crippen LogP contribution in [-0.4, -0.2) is 25.4 Å². The molecule has 0 fully saturated rings. The Morgan fingerprint density at radius 1 is 1.44 bits per heavy atom. The van der Waals surface area contributed by atoms with Gasteiger partial charge in [-0.2, -0.15) is 0 Å². The van der Waals surface area contributed by atoms with Crippen LogP contribution in [0, 0.1) is 11.7 Å². The highest BCUT2D eigenvalue weighted by Gasteiger charge is 2.15. The van der Waals surface area contributed by atoms with E-state index in [0.717, 1.165) is 6.07 Å². The smallest absolute Gasteiger partial charge is 0.248 e. The lowest BCUT2D eigenvalue weighted by molar-refractivity contribution is -0.119. The van der Waals surface area contributed by atoms with Crippen molar-refractivity contribution in [3.63, 3.8) is 0 Å². The maximum atomic E-state index is 13.5. The van der Waals surface area contributed by atoms with Crippen molar-refractivity contribution >= 4 is 17.5 Å². The van der Waals surface area contributed by atoms with Crippen LogP contribution < -0.4 is 16.4 Å². The van der Waals surface area contributed by atoms with E-state index >= 15 is 0 Å². The number of benzene rings is 1. The van der Waals surface area contributed by atoms with E-state index in [4.69, 9.17) is 5.73 Å². The lowest BCUT2D eigenvalue weighted by Crippen LogP contribution is -2.29. The molecule has 1 aromatic rings. The Labute approximate surface area is 105 Å². The molecule has 0 bridgehead atoms. The van der Waals surface area contributed by atoms with Gasteiger partial charge in [0.15, 0.2) is 0 Å². The van der Waals surface area contributed by atoms with Gasteiger partial charge in [-0.1, -0.05) is 6.92 Å². The standard InChI is InChI=1S/C12H16FN3O2/c1-7(6-15-2)12(18)16-10-5-8(11(14)17)3-4-9(10)13/h3-5,7,15H,6H2,1-2H3,(H2,14,17)(H,16,18). The molecule has 18 heavy (non-hydrogen) atoms. The molecule has 0 aliphatic heterocycles. The van der Waals surface area contributed by atoms with Gasteiger partial charge >= 0.3 is 0 Å². The lowest BCUT2D eigenvalue weighted by atomic mass is 10.1. The molecule has 1 rings (SSSR count). The van der Waals surface area contributed by atoms with Crippen molar-refractivity contribution in [2.45, 2.75) is 6.92 Å². The third-order valence-corrected chi connectivity index (χ3v) is 2.47. The summed E-state index contributed by atoms with van der Waals surface area (Å²) in [6.45, 7) is 2.19. The molecule has 1 aromatic carbocycles. The van der Waals surface area contributed by atoms with Gasteiger partial charge < -0.3 is 16.4 Å². The van der Waals surface area contributed by atoms with Crippen LogP contribution in [0.1, 0.15) is 17.3 Å². The molecule has 1 unspecified atom stereocenters. The third kappa shape index (κ3) is 3.53. The van der Waals surface area contributed by atoms with Gasteiger partial charge in [0.2, 0.25) is 11.8 Å². The molecule has 4 N–H and O–H groups in total. The Kier molecular flexibility index (Phi) is 4.79. The van der Waals surface area contributed by atoms with Gasteiger partial charge in [0.1, 0.15) is 5.82 Å². The van der Waals surface area contributed by atoms with Crippen molar-refractivity contribution in [3.8, 4) is 0 Å². The van der Waals surface area contributed by atoms with E-state index in [9.17, 15) is 14.0 Å². The Bertz CT molecular complexity index is 463. The molecule has 0 aromatic heterocycles. The van der Waals surface area contributed by atoms with E-state index in [0.29, 0.717) is 6.54 Å². The summed E-state index contributed by atoms with van der Waals surface area (Å²) in [5.41, 5.74) is 5.19. The first-order chi connectivity index (χ1) is 8.45. The van der Waals surface area contributed by atoms with Crippen LogP contribution in [0.15, 0.2) is 18.2 Å². The number of anilines is 1. The SMILES string of the molecule is CNCC(C)C(=O)Nc1cc(C(N)=O)ccc1F. The normalized spacial score (nSPS) is 11.9. The summed E-state index contributed by atoms with van der Waals surface area (Å²) >= 11 is 0. The molecule has 0 radical (unpaired) electrons. The minimum Gasteiger partial charge on any atom is -0.366 e. The minimum atomic E-state index is -0.672. The highest BCUT2D eigenvalue weighted by Crippen LogP contribution is 2.16.